The largest absolute Gasteiger partial charge is 0.481 e. The van der Waals surface area contributed by atoms with Crippen LogP contribution in [0, 0.1) is 5.92 Å². The highest BCUT2D eigenvalue weighted by Gasteiger charge is 2.31. The van der Waals surface area contributed by atoms with Crippen molar-refractivity contribution in [2.45, 2.75) is 6.42 Å². The van der Waals surface area contributed by atoms with Crippen LogP contribution in [-0.4, -0.2) is 35.0 Å². The number of amides is 1. The summed E-state index contributed by atoms with van der Waals surface area (Å²) in [6.45, 7) is 0.711. The first-order chi connectivity index (χ1) is 8.49. The minimum absolute atomic E-state index is 0.212. The van der Waals surface area contributed by atoms with E-state index in [1.54, 1.807) is 18.2 Å². The van der Waals surface area contributed by atoms with Gasteiger partial charge in [-0.05, 0) is 24.6 Å². The van der Waals surface area contributed by atoms with Crippen LogP contribution in [0.1, 0.15) is 16.8 Å². The SMILES string of the molecule is O=C(O)C1CCN(C(=O)c2ccc(Br)cc2Cl)C1. The van der Waals surface area contributed by atoms with Crippen LogP contribution in [-0.2, 0) is 4.79 Å². The van der Waals surface area contributed by atoms with Crippen molar-refractivity contribution < 1.29 is 14.7 Å². The molecule has 96 valence electrons. The van der Waals surface area contributed by atoms with Gasteiger partial charge in [0.15, 0.2) is 0 Å². The van der Waals surface area contributed by atoms with E-state index in [1.807, 2.05) is 0 Å². The van der Waals surface area contributed by atoms with Gasteiger partial charge in [-0.2, -0.15) is 0 Å². The first-order valence-electron chi connectivity index (χ1n) is 5.46. The lowest BCUT2D eigenvalue weighted by atomic mass is 10.1. The number of nitrogens with zero attached hydrogens (tertiary/aromatic N) is 1. The zero-order valence-electron chi connectivity index (χ0n) is 9.40. The average molecular weight is 333 g/mol. The van der Waals surface area contributed by atoms with Crippen molar-refractivity contribution in [3.05, 3.63) is 33.3 Å². The van der Waals surface area contributed by atoms with Gasteiger partial charge in [0, 0.05) is 17.6 Å². The lowest BCUT2D eigenvalue weighted by Gasteiger charge is -2.16. The number of likely N-dealkylation sites (tertiary alicyclic amines) is 1. The van der Waals surface area contributed by atoms with Crippen LogP contribution in [0.25, 0.3) is 0 Å². The molecule has 1 heterocycles. The fourth-order valence-electron chi connectivity index (χ4n) is 1.98. The molecule has 1 amide bonds. The fraction of sp³-hybridized carbons (Fsp3) is 0.333. The van der Waals surface area contributed by atoms with Crippen LogP contribution < -0.4 is 0 Å². The second-order valence-electron chi connectivity index (χ2n) is 4.20. The number of benzene rings is 1. The number of aliphatic carboxylic acids is 1. The van der Waals surface area contributed by atoms with Crippen molar-refractivity contribution in [1.29, 1.82) is 0 Å². The molecule has 4 nitrogen and oxygen atoms in total. The van der Waals surface area contributed by atoms with Gasteiger partial charge in [-0.1, -0.05) is 27.5 Å². The molecule has 1 N–H and O–H groups in total. The molecular weight excluding hydrogens is 321 g/mol. The van der Waals surface area contributed by atoms with Crippen LogP contribution in [0.15, 0.2) is 22.7 Å². The second kappa shape index (κ2) is 5.28. The summed E-state index contributed by atoms with van der Waals surface area (Å²) in [5.74, 6) is -1.54. The Bertz CT molecular complexity index is 506. The summed E-state index contributed by atoms with van der Waals surface area (Å²) in [5, 5.41) is 9.27. The Labute approximate surface area is 118 Å². The molecule has 6 heteroatoms. The highest BCUT2D eigenvalue weighted by molar-refractivity contribution is 9.10. The lowest BCUT2D eigenvalue weighted by Crippen LogP contribution is -2.30. The van der Waals surface area contributed by atoms with E-state index >= 15 is 0 Å². The molecule has 1 saturated heterocycles. The Kier molecular flexibility index (Phi) is 3.92. The maximum absolute atomic E-state index is 12.2. The van der Waals surface area contributed by atoms with Gasteiger partial charge in [0.05, 0.1) is 16.5 Å². The van der Waals surface area contributed by atoms with E-state index < -0.39 is 11.9 Å². The molecule has 0 aliphatic carbocycles. The smallest absolute Gasteiger partial charge is 0.308 e. The van der Waals surface area contributed by atoms with E-state index in [2.05, 4.69) is 15.9 Å². The Morgan fingerprint density at radius 2 is 2.17 bits per heavy atom. The minimum Gasteiger partial charge on any atom is -0.481 e. The molecular formula is C12H11BrClNO3. The van der Waals surface area contributed by atoms with E-state index in [-0.39, 0.29) is 12.5 Å². The van der Waals surface area contributed by atoms with Crippen molar-refractivity contribution in [3.63, 3.8) is 0 Å². The number of carbonyl (C=O) groups is 2. The minimum atomic E-state index is -0.854. The predicted molar refractivity (Wildman–Crippen MR) is 70.8 cm³/mol. The third-order valence-corrected chi connectivity index (χ3v) is 3.79. The van der Waals surface area contributed by atoms with E-state index in [0.29, 0.717) is 23.6 Å². The number of rotatable bonds is 2. The quantitative estimate of drug-likeness (QED) is 0.906. The first kappa shape index (κ1) is 13.4. The molecule has 2 rings (SSSR count). The summed E-state index contributed by atoms with van der Waals surface area (Å²) in [6, 6.07) is 5.03. The molecule has 0 saturated carbocycles. The summed E-state index contributed by atoms with van der Waals surface area (Å²) >= 11 is 9.28. The van der Waals surface area contributed by atoms with E-state index in [1.165, 1.54) is 4.90 Å². The number of hydrogen-bond donors (Lipinski definition) is 1. The maximum Gasteiger partial charge on any atom is 0.308 e. The van der Waals surface area contributed by atoms with E-state index in [0.717, 1.165) is 4.47 Å². The predicted octanol–water partition coefficient (Wildman–Crippen LogP) is 2.65. The molecule has 1 atom stereocenters. The average Bonchev–Trinajstić information content (AvgIpc) is 2.77. The van der Waals surface area contributed by atoms with Crippen molar-refractivity contribution in [2.24, 2.45) is 5.92 Å². The van der Waals surface area contributed by atoms with Crippen LogP contribution >= 0.6 is 27.5 Å². The van der Waals surface area contributed by atoms with Gasteiger partial charge in [0.1, 0.15) is 0 Å². The molecule has 1 aliphatic rings. The first-order valence-corrected chi connectivity index (χ1v) is 6.63. The summed E-state index contributed by atoms with van der Waals surface area (Å²) in [6.07, 6.45) is 0.495. The van der Waals surface area contributed by atoms with Crippen LogP contribution in [0.5, 0.6) is 0 Å². The molecule has 1 aromatic carbocycles. The molecule has 0 radical (unpaired) electrons. The van der Waals surface area contributed by atoms with Gasteiger partial charge in [-0.25, -0.2) is 0 Å². The van der Waals surface area contributed by atoms with Gasteiger partial charge < -0.3 is 10.0 Å². The zero-order chi connectivity index (χ0) is 13.3. The lowest BCUT2D eigenvalue weighted by molar-refractivity contribution is -0.141. The number of carboxylic acids is 1. The molecule has 1 aromatic rings. The number of carboxylic acid groups (broad SMARTS) is 1. The fourth-order valence-corrected chi connectivity index (χ4v) is 2.73. The Balaban J connectivity index is 2.15. The summed E-state index contributed by atoms with van der Waals surface area (Å²) in [4.78, 5) is 24.6. The Morgan fingerprint density at radius 3 is 2.72 bits per heavy atom. The highest BCUT2D eigenvalue weighted by Crippen LogP contribution is 2.25. The molecule has 0 spiro atoms. The summed E-state index contributed by atoms with van der Waals surface area (Å²) in [5.41, 5.74) is 0.408. The molecule has 1 aliphatic heterocycles. The van der Waals surface area contributed by atoms with E-state index in [4.69, 9.17) is 16.7 Å². The highest BCUT2D eigenvalue weighted by atomic mass is 79.9. The van der Waals surface area contributed by atoms with Crippen molar-refractivity contribution >= 4 is 39.4 Å². The van der Waals surface area contributed by atoms with E-state index in [9.17, 15) is 9.59 Å². The molecule has 1 unspecified atom stereocenters. The van der Waals surface area contributed by atoms with Crippen molar-refractivity contribution in [1.82, 2.24) is 4.90 Å². The van der Waals surface area contributed by atoms with Crippen LogP contribution in [0.2, 0.25) is 5.02 Å². The van der Waals surface area contributed by atoms with Crippen LogP contribution in [0.4, 0.5) is 0 Å². The molecule has 1 fully saturated rings. The number of halogens is 2. The van der Waals surface area contributed by atoms with Gasteiger partial charge >= 0.3 is 5.97 Å². The normalized spacial score (nSPS) is 19.0. The van der Waals surface area contributed by atoms with Crippen LogP contribution in [0.3, 0.4) is 0 Å². The van der Waals surface area contributed by atoms with Gasteiger partial charge in [-0.15, -0.1) is 0 Å². The third-order valence-electron chi connectivity index (χ3n) is 2.99. The zero-order valence-corrected chi connectivity index (χ0v) is 11.7. The molecule has 0 aromatic heterocycles. The second-order valence-corrected chi connectivity index (χ2v) is 5.52. The summed E-state index contributed by atoms with van der Waals surface area (Å²) in [7, 11) is 0. The van der Waals surface area contributed by atoms with Gasteiger partial charge in [0.2, 0.25) is 0 Å². The maximum atomic E-state index is 12.2. The topological polar surface area (TPSA) is 57.6 Å². The Hall–Kier alpha value is -1.07. The monoisotopic (exact) mass is 331 g/mol. The molecule has 0 bridgehead atoms. The van der Waals surface area contributed by atoms with Crippen molar-refractivity contribution in [3.8, 4) is 0 Å². The number of hydrogen-bond acceptors (Lipinski definition) is 2. The van der Waals surface area contributed by atoms with Gasteiger partial charge in [0.25, 0.3) is 5.91 Å². The van der Waals surface area contributed by atoms with Crippen molar-refractivity contribution in [2.75, 3.05) is 13.1 Å². The molecule has 18 heavy (non-hydrogen) atoms. The Morgan fingerprint density at radius 1 is 1.44 bits per heavy atom. The number of carbonyl (C=O) groups excluding carboxylic acids is 1. The third kappa shape index (κ3) is 2.67. The van der Waals surface area contributed by atoms with Gasteiger partial charge in [-0.3, -0.25) is 9.59 Å². The summed E-state index contributed by atoms with van der Waals surface area (Å²) < 4.78 is 0.800. The standard InChI is InChI=1S/C12H11BrClNO3/c13-8-1-2-9(10(14)5-8)11(16)15-4-3-7(6-15)12(17)18/h1-2,5,7H,3-4,6H2,(H,17,18).